The molecule has 0 fully saturated rings. The van der Waals surface area contributed by atoms with Gasteiger partial charge in [0.15, 0.2) is 0 Å². The number of halogens is 1. The van der Waals surface area contributed by atoms with Crippen LogP contribution in [0.5, 0.6) is 0 Å². The van der Waals surface area contributed by atoms with Crippen LogP contribution in [0.25, 0.3) is 0 Å². The van der Waals surface area contributed by atoms with Crippen LogP contribution in [-0.2, 0) is 11.3 Å². The van der Waals surface area contributed by atoms with E-state index in [9.17, 15) is 4.79 Å². The molecule has 1 rings (SSSR count). The summed E-state index contributed by atoms with van der Waals surface area (Å²) in [5.74, 6) is -0.0250. The van der Waals surface area contributed by atoms with Crippen LogP contribution in [0.2, 0.25) is 5.02 Å². The first-order valence-corrected chi connectivity index (χ1v) is 6.82. The molecule has 1 heterocycles. The molecule has 0 aliphatic carbocycles. The van der Waals surface area contributed by atoms with Crippen molar-refractivity contribution in [1.82, 2.24) is 15.1 Å². The molecule has 18 heavy (non-hydrogen) atoms. The van der Waals surface area contributed by atoms with Gasteiger partial charge in [0.25, 0.3) is 0 Å². The predicted molar refractivity (Wildman–Crippen MR) is 73.8 cm³/mol. The number of hydrogen-bond donors (Lipinski definition) is 1. The van der Waals surface area contributed by atoms with Crippen LogP contribution in [0.4, 0.5) is 0 Å². The first kappa shape index (κ1) is 15.0. The van der Waals surface area contributed by atoms with Crippen LogP contribution in [0, 0.1) is 19.8 Å². The molecule has 4 nitrogen and oxygen atoms in total. The van der Waals surface area contributed by atoms with Gasteiger partial charge in [-0.2, -0.15) is 5.10 Å². The summed E-state index contributed by atoms with van der Waals surface area (Å²) in [6.45, 7) is 9.12. The number of aryl methyl sites for hydroxylation is 1. The zero-order chi connectivity index (χ0) is 13.7. The molecule has 1 aromatic heterocycles. The highest BCUT2D eigenvalue weighted by Crippen LogP contribution is 2.19. The second kappa shape index (κ2) is 6.78. The molecule has 1 atom stereocenters. The second-order valence-electron chi connectivity index (χ2n) is 4.71. The smallest absolute Gasteiger partial charge is 0.224 e. The van der Waals surface area contributed by atoms with Crippen LogP contribution in [0.3, 0.4) is 0 Å². The van der Waals surface area contributed by atoms with Gasteiger partial charge in [-0.3, -0.25) is 9.48 Å². The predicted octanol–water partition coefficient (Wildman–Crippen LogP) is 2.71. The fraction of sp³-hybridized carbons (Fsp3) is 0.692. The van der Waals surface area contributed by atoms with E-state index in [1.54, 1.807) is 0 Å². The van der Waals surface area contributed by atoms with Gasteiger partial charge in [-0.25, -0.2) is 0 Å². The zero-order valence-electron chi connectivity index (χ0n) is 11.6. The molecule has 0 spiro atoms. The molecule has 0 saturated heterocycles. The van der Waals surface area contributed by atoms with E-state index in [1.807, 2.05) is 25.5 Å². The Morgan fingerprint density at radius 1 is 1.50 bits per heavy atom. The van der Waals surface area contributed by atoms with Gasteiger partial charge in [0.2, 0.25) is 5.91 Å². The first-order valence-electron chi connectivity index (χ1n) is 6.44. The van der Waals surface area contributed by atoms with Crippen molar-refractivity contribution in [2.45, 2.75) is 47.1 Å². The van der Waals surface area contributed by atoms with Gasteiger partial charge < -0.3 is 5.32 Å². The normalized spacial score (nSPS) is 12.5. The maximum absolute atomic E-state index is 11.8. The minimum atomic E-state index is -0.101. The number of nitrogens with zero attached hydrogens (tertiary/aromatic N) is 2. The molecule has 0 aromatic carbocycles. The third-order valence-electron chi connectivity index (χ3n) is 3.02. The van der Waals surface area contributed by atoms with Gasteiger partial charge in [0.05, 0.1) is 28.9 Å². The fourth-order valence-electron chi connectivity index (χ4n) is 1.76. The van der Waals surface area contributed by atoms with Crippen molar-refractivity contribution in [3.05, 3.63) is 16.4 Å². The number of nitrogens with one attached hydrogen (secondary N) is 1. The van der Waals surface area contributed by atoms with E-state index in [4.69, 9.17) is 11.6 Å². The van der Waals surface area contributed by atoms with E-state index in [1.165, 1.54) is 0 Å². The number of carbonyl (C=O) groups is 1. The van der Waals surface area contributed by atoms with E-state index >= 15 is 0 Å². The number of aromatic nitrogens is 2. The molecular weight excluding hydrogens is 250 g/mol. The monoisotopic (exact) mass is 271 g/mol. The lowest BCUT2D eigenvalue weighted by Crippen LogP contribution is -2.32. The van der Waals surface area contributed by atoms with E-state index in [0.29, 0.717) is 11.6 Å². The Balaban J connectivity index is 2.55. The van der Waals surface area contributed by atoms with Gasteiger partial charge in [-0.05, 0) is 20.3 Å². The average Bonchev–Trinajstić information content (AvgIpc) is 2.57. The zero-order valence-corrected chi connectivity index (χ0v) is 12.3. The minimum absolute atomic E-state index is 0.0760. The topological polar surface area (TPSA) is 46.9 Å². The number of hydrogen-bond acceptors (Lipinski definition) is 2. The van der Waals surface area contributed by atoms with E-state index in [0.717, 1.165) is 30.8 Å². The number of carbonyl (C=O) groups excluding carboxylic acids is 1. The van der Waals surface area contributed by atoms with Crippen molar-refractivity contribution in [3.8, 4) is 0 Å². The maximum Gasteiger partial charge on any atom is 0.224 e. The van der Waals surface area contributed by atoms with Gasteiger partial charge in [-0.1, -0.05) is 31.9 Å². The highest BCUT2D eigenvalue weighted by molar-refractivity contribution is 6.31. The Hall–Kier alpha value is -1.03. The molecule has 1 amide bonds. The van der Waals surface area contributed by atoms with E-state index < -0.39 is 0 Å². The SMILES string of the molecule is CCCCNC(=O)[C@H](C)Cn1nc(C)c(Cl)c1C. The highest BCUT2D eigenvalue weighted by atomic mass is 35.5. The molecule has 0 aliphatic rings. The maximum atomic E-state index is 11.8. The number of rotatable bonds is 6. The van der Waals surface area contributed by atoms with Crippen molar-refractivity contribution < 1.29 is 4.79 Å². The Morgan fingerprint density at radius 3 is 2.67 bits per heavy atom. The van der Waals surface area contributed by atoms with Crippen molar-refractivity contribution in [2.24, 2.45) is 5.92 Å². The number of unbranched alkanes of at least 4 members (excludes halogenated alkanes) is 1. The molecule has 0 aliphatic heterocycles. The van der Waals surface area contributed by atoms with Gasteiger partial charge in [-0.15, -0.1) is 0 Å². The number of amides is 1. The summed E-state index contributed by atoms with van der Waals surface area (Å²) in [5, 5.41) is 7.95. The minimum Gasteiger partial charge on any atom is -0.356 e. The van der Waals surface area contributed by atoms with E-state index in [2.05, 4.69) is 17.3 Å². The second-order valence-corrected chi connectivity index (χ2v) is 5.09. The Kier molecular flexibility index (Phi) is 5.66. The lowest BCUT2D eigenvalue weighted by molar-refractivity contribution is -0.124. The quantitative estimate of drug-likeness (QED) is 0.809. The van der Waals surface area contributed by atoms with Gasteiger partial charge in [0, 0.05) is 6.54 Å². The summed E-state index contributed by atoms with van der Waals surface area (Å²) in [6.07, 6.45) is 2.10. The standard InChI is InChI=1S/C13H22ClN3O/c1-5-6-7-15-13(18)9(2)8-17-11(4)12(14)10(3)16-17/h9H,5-8H2,1-4H3,(H,15,18)/t9-/m1/s1. The van der Waals surface area contributed by atoms with Gasteiger partial charge in [0.1, 0.15) is 0 Å². The third kappa shape index (κ3) is 3.73. The first-order chi connectivity index (χ1) is 8.47. The van der Waals surface area contributed by atoms with E-state index in [-0.39, 0.29) is 11.8 Å². The lowest BCUT2D eigenvalue weighted by atomic mass is 10.1. The molecule has 0 radical (unpaired) electrons. The van der Waals surface area contributed by atoms with Crippen molar-refractivity contribution in [2.75, 3.05) is 6.54 Å². The summed E-state index contributed by atoms with van der Waals surface area (Å²) in [5.41, 5.74) is 1.73. The molecule has 0 unspecified atom stereocenters. The lowest BCUT2D eigenvalue weighted by Gasteiger charge is -2.13. The largest absolute Gasteiger partial charge is 0.356 e. The Labute approximate surface area is 114 Å². The van der Waals surface area contributed by atoms with Crippen molar-refractivity contribution in [3.63, 3.8) is 0 Å². The van der Waals surface area contributed by atoms with Crippen molar-refractivity contribution in [1.29, 1.82) is 0 Å². The van der Waals surface area contributed by atoms with Crippen LogP contribution in [-0.4, -0.2) is 22.2 Å². The molecule has 1 N–H and O–H groups in total. The van der Waals surface area contributed by atoms with Gasteiger partial charge >= 0.3 is 0 Å². The molecule has 1 aromatic rings. The Morgan fingerprint density at radius 2 is 2.17 bits per heavy atom. The summed E-state index contributed by atoms with van der Waals surface area (Å²) in [7, 11) is 0. The summed E-state index contributed by atoms with van der Waals surface area (Å²) >= 11 is 6.08. The molecule has 0 bridgehead atoms. The van der Waals surface area contributed by atoms with Crippen LogP contribution in [0.1, 0.15) is 38.1 Å². The highest BCUT2D eigenvalue weighted by Gasteiger charge is 2.16. The van der Waals surface area contributed by atoms with Crippen LogP contribution < -0.4 is 5.32 Å². The molecule has 5 heteroatoms. The Bertz CT molecular complexity index is 415. The van der Waals surface area contributed by atoms with Crippen LogP contribution in [0.15, 0.2) is 0 Å². The summed E-state index contributed by atoms with van der Waals surface area (Å²) in [6, 6.07) is 0. The van der Waals surface area contributed by atoms with Crippen molar-refractivity contribution >= 4 is 17.5 Å². The average molecular weight is 272 g/mol. The molecule has 0 saturated carbocycles. The summed E-state index contributed by atoms with van der Waals surface area (Å²) < 4.78 is 1.81. The molecule has 102 valence electrons. The third-order valence-corrected chi connectivity index (χ3v) is 3.56. The fourth-order valence-corrected chi connectivity index (χ4v) is 1.89. The van der Waals surface area contributed by atoms with Crippen LogP contribution >= 0.6 is 11.6 Å². The summed E-state index contributed by atoms with van der Waals surface area (Å²) in [4.78, 5) is 11.8. The molecular formula is C13H22ClN3O.